The van der Waals surface area contributed by atoms with Gasteiger partial charge in [-0.25, -0.2) is 0 Å². The summed E-state index contributed by atoms with van der Waals surface area (Å²) in [5.41, 5.74) is 5.37. The van der Waals surface area contributed by atoms with Crippen molar-refractivity contribution in [1.82, 2.24) is 10.3 Å². The minimum Gasteiger partial charge on any atom is -0.372 e. The van der Waals surface area contributed by atoms with Crippen molar-refractivity contribution in [2.24, 2.45) is 11.1 Å². The lowest BCUT2D eigenvalue weighted by Crippen LogP contribution is -2.59. The number of rotatable bonds is 9. The number of amides is 1. The van der Waals surface area contributed by atoms with Gasteiger partial charge in [-0.05, 0) is 62.1 Å². The van der Waals surface area contributed by atoms with Crippen molar-refractivity contribution in [2.45, 2.75) is 50.9 Å². The number of aryl methyl sites for hydroxylation is 1. The molecule has 3 atom stereocenters. The number of pyridine rings is 1. The number of alkyl halides is 3. The van der Waals surface area contributed by atoms with E-state index in [0.717, 1.165) is 17.7 Å². The van der Waals surface area contributed by atoms with Crippen LogP contribution in [0.2, 0.25) is 0 Å². The van der Waals surface area contributed by atoms with Crippen molar-refractivity contribution in [3.8, 4) is 0 Å². The van der Waals surface area contributed by atoms with Crippen LogP contribution >= 0.6 is 0 Å². The van der Waals surface area contributed by atoms with E-state index in [1.807, 2.05) is 30.3 Å². The van der Waals surface area contributed by atoms with Crippen LogP contribution in [-0.4, -0.2) is 29.8 Å². The van der Waals surface area contributed by atoms with Crippen LogP contribution in [0.5, 0.6) is 0 Å². The molecule has 0 saturated carbocycles. The summed E-state index contributed by atoms with van der Waals surface area (Å²) in [6.45, 7) is 3.61. The van der Waals surface area contributed by atoms with Crippen LogP contribution in [-0.2, 0) is 21.2 Å². The molecule has 3 aromatic rings. The highest BCUT2D eigenvalue weighted by atomic mass is 19.4. The highest BCUT2D eigenvalue weighted by Crippen LogP contribution is 2.42. The second kappa shape index (κ2) is 11.3. The average molecular weight is 540 g/mol. The van der Waals surface area contributed by atoms with Gasteiger partial charge in [0.2, 0.25) is 5.91 Å². The van der Waals surface area contributed by atoms with Gasteiger partial charge in [0.05, 0.1) is 29.2 Å². The van der Waals surface area contributed by atoms with Crippen molar-refractivity contribution < 1.29 is 27.5 Å². The number of primary amides is 1. The van der Waals surface area contributed by atoms with Gasteiger partial charge in [0.1, 0.15) is 5.69 Å². The van der Waals surface area contributed by atoms with Gasteiger partial charge < -0.3 is 15.8 Å². The molecule has 2 aromatic carbocycles. The fourth-order valence-electron chi connectivity index (χ4n) is 5.13. The first kappa shape index (κ1) is 28.4. The van der Waals surface area contributed by atoms with Crippen LogP contribution in [0.3, 0.4) is 0 Å². The van der Waals surface area contributed by atoms with E-state index < -0.39 is 34.7 Å². The Balaban J connectivity index is 1.56. The molecule has 3 N–H and O–H groups in total. The zero-order valence-corrected chi connectivity index (χ0v) is 21.9. The van der Waals surface area contributed by atoms with Crippen molar-refractivity contribution in [1.29, 1.82) is 0 Å². The molecule has 1 amide bonds. The van der Waals surface area contributed by atoms with E-state index in [1.54, 1.807) is 38.1 Å². The molecule has 1 aliphatic heterocycles. The SMILES string of the molecule is Cc1cc([C@@H](C)OC[C@@]2(c3ccccc3)CC[C@@](CC(=O)c3ccccn3)(C(N)=O)CN2)cc(C(F)(F)F)c1. The molecule has 1 fully saturated rings. The lowest BCUT2D eigenvalue weighted by molar-refractivity contribution is -0.137. The molecule has 39 heavy (non-hydrogen) atoms. The number of aromatic nitrogens is 1. The highest BCUT2D eigenvalue weighted by Gasteiger charge is 2.48. The molecule has 0 aliphatic carbocycles. The smallest absolute Gasteiger partial charge is 0.372 e. The Morgan fingerprint density at radius 2 is 1.79 bits per heavy atom. The lowest BCUT2D eigenvalue weighted by Gasteiger charge is -2.46. The molecule has 0 bridgehead atoms. The number of ether oxygens (including phenoxy) is 1. The normalized spacial score (nSPS) is 22.3. The molecule has 6 nitrogen and oxygen atoms in total. The first-order valence-electron chi connectivity index (χ1n) is 12.8. The van der Waals surface area contributed by atoms with E-state index in [4.69, 9.17) is 10.5 Å². The number of hydrogen-bond donors (Lipinski definition) is 2. The van der Waals surface area contributed by atoms with Gasteiger partial charge in [-0.3, -0.25) is 14.6 Å². The summed E-state index contributed by atoms with van der Waals surface area (Å²) in [4.78, 5) is 29.7. The number of benzene rings is 2. The van der Waals surface area contributed by atoms with Crippen LogP contribution in [0.25, 0.3) is 0 Å². The van der Waals surface area contributed by atoms with Crippen LogP contribution in [0.15, 0.2) is 72.9 Å². The molecular formula is C30H32F3N3O3. The number of carbonyl (C=O) groups is 2. The first-order valence-corrected chi connectivity index (χ1v) is 12.8. The predicted octanol–water partition coefficient (Wildman–Crippen LogP) is 5.51. The van der Waals surface area contributed by atoms with Gasteiger partial charge in [0.25, 0.3) is 0 Å². The summed E-state index contributed by atoms with van der Waals surface area (Å²) in [7, 11) is 0. The molecule has 1 aromatic heterocycles. The fraction of sp³-hybridized carbons (Fsp3) is 0.367. The Morgan fingerprint density at radius 1 is 1.08 bits per heavy atom. The van der Waals surface area contributed by atoms with Gasteiger partial charge in [-0.1, -0.05) is 48.0 Å². The second-order valence-corrected chi connectivity index (χ2v) is 10.3. The number of ketones is 1. The van der Waals surface area contributed by atoms with Gasteiger partial charge in [0, 0.05) is 19.2 Å². The van der Waals surface area contributed by atoms with Crippen molar-refractivity contribution in [3.63, 3.8) is 0 Å². The van der Waals surface area contributed by atoms with E-state index in [-0.39, 0.29) is 31.0 Å². The van der Waals surface area contributed by atoms with E-state index in [2.05, 4.69) is 10.3 Å². The zero-order chi connectivity index (χ0) is 28.3. The maximum atomic E-state index is 13.4. The number of nitrogens with zero attached hydrogens (tertiary/aromatic N) is 1. The van der Waals surface area contributed by atoms with Gasteiger partial charge >= 0.3 is 6.18 Å². The predicted molar refractivity (Wildman–Crippen MR) is 141 cm³/mol. The maximum absolute atomic E-state index is 13.4. The van der Waals surface area contributed by atoms with E-state index in [1.165, 1.54) is 6.20 Å². The van der Waals surface area contributed by atoms with Crippen molar-refractivity contribution >= 4 is 11.7 Å². The Kier molecular flexibility index (Phi) is 8.23. The van der Waals surface area contributed by atoms with Crippen LogP contribution < -0.4 is 11.1 Å². The Bertz CT molecular complexity index is 1310. The molecule has 0 unspecified atom stereocenters. The van der Waals surface area contributed by atoms with E-state index in [9.17, 15) is 22.8 Å². The Hall–Kier alpha value is -3.56. The standard InChI is InChI=1S/C30H32F3N3O3/c1-20-14-22(16-24(15-20)30(31,32)33)21(2)39-19-29(23-8-4-3-5-9-23)12-11-28(18-36-29,27(34)38)17-26(37)25-10-6-7-13-35-25/h3-10,13-16,21,36H,11-12,17-19H2,1-2H3,(H2,34,38)/t21-,28+,29-/m1/s1. The summed E-state index contributed by atoms with van der Waals surface area (Å²) in [5, 5.41) is 3.45. The van der Waals surface area contributed by atoms with Crippen molar-refractivity contribution in [3.05, 3.63) is 101 Å². The van der Waals surface area contributed by atoms with Gasteiger partial charge in [-0.2, -0.15) is 13.2 Å². The summed E-state index contributed by atoms with van der Waals surface area (Å²) < 4.78 is 46.4. The average Bonchev–Trinajstić information content (AvgIpc) is 2.92. The van der Waals surface area contributed by atoms with Crippen LogP contribution in [0, 0.1) is 12.3 Å². The minimum atomic E-state index is -4.46. The molecule has 2 heterocycles. The minimum absolute atomic E-state index is 0.0853. The molecule has 206 valence electrons. The molecule has 0 spiro atoms. The molecule has 4 rings (SSSR count). The zero-order valence-electron chi connectivity index (χ0n) is 21.9. The molecule has 0 radical (unpaired) electrons. The van der Waals surface area contributed by atoms with E-state index >= 15 is 0 Å². The third kappa shape index (κ3) is 6.37. The summed E-state index contributed by atoms with van der Waals surface area (Å²) in [6, 6.07) is 18.5. The third-order valence-corrected chi connectivity index (χ3v) is 7.57. The second-order valence-electron chi connectivity index (χ2n) is 10.3. The summed E-state index contributed by atoms with van der Waals surface area (Å²) in [5.74, 6) is -0.845. The number of nitrogens with one attached hydrogen (secondary N) is 1. The van der Waals surface area contributed by atoms with Crippen LogP contribution in [0.4, 0.5) is 13.2 Å². The molecule has 1 saturated heterocycles. The molecule has 9 heteroatoms. The lowest BCUT2D eigenvalue weighted by atomic mass is 9.69. The quantitative estimate of drug-likeness (QED) is 0.350. The number of hydrogen-bond acceptors (Lipinski definition) is 5. The molecule has 1 aliphatic rings. The number of nitrogens with two attached hydrogens (primary N) is 1. The van der Waals surface area contributed by atoms with Gasteiger partial charge in [-0.15, -0.1) is 0 Å². The Morgan fingerprint density at radius 3 is 2.38 bits per heavy atom. The Labute approximate surface area is 225 Å². The number of carbonyl (C=O) groups excluding carboxylic acids is 2. The third-order valence-electron chi connectivity index (χ3n) is 7.57. The van der Waals surface area contributed by atoms with E-state index in [0.29, 0.717) is 24.0 Å². The number of Topliss-reactive ketones (excluding diaryl/α,β-unsaturated/α-hetero) is 1. The fourth-order valence-corrected chi connectivity index (χ4v) is 5.13. The first-order chi connectivity index (χ1) is 18.4. The van der Waals surface area contributed by atoms with Gasteiger partial charge in [0.15, 0.2) is 5.78 Å². The highest BCUT2D eigenvalue weighted by molar-refractivity contribution is 5.98. The summed E-state index contributed by atoms with van der Waals surface area (Å²) in [6.07, 6.45) is -2.90. The maximum Gasteiger partial charge on any atom is 0.416 e. The monoisotopic (exact) mass is 539 g/mol. The number of halogens is 3. The molecular weight excluding hydrogens is 507 g/mol. The summed E-state index contributed by atoms with van der Waals surface area (Å²) >= 11 is 0. The topological polar surface area (TPSA) is 94.3 Å². The largest absolute Gasteiger partial charge is 0.416 e. The van der Waals surface area contributed by atoms with Crippen molar-refractivity contribution in [2.75, 3.05) is 13.2 Å². The number of piperidine rings is 1. The van der Waals surface area contributed by atoms with Crippen LogP contribution in [0.1, 0.15) is 65.0 Å².